The number of alkyl halides is 3. The fourth-order valence-corrected chi connectivity index (χ4v) is 11.4. The second kappa shape index (κ2) is 18.0. The van der Waals surface area contributed by atoms with E-state index in [-0.39, 0.29) is 36.0 Å². The lowest BCUT2D eigenvalue weighted by Gasteiger charge is -2.45. The third kappa shape index (κ3) is 12.1. The minimum Gasteiger partial charge on any atom is -0.457 e. The average molecular weight is 772 g/mol. The Balaban J connectivity index is 2.81. The van der Waals surface area contributed by atoms with E-state index < -0.39 is 64.0 Å². The van der Waals surface area contributed by atoms with Crippen LogP contribution in [0.5, 0.6) is 0 Å². The number of nitrogens with zero attached hydrogens (tertiary/aromatic N) is 1. The van der Waals surface area contributed by atoms with Crippen LogP contribution in [0.25, 0.3) is 6.08 Å². The van der Waals surface area contributed by atoms with Gasteiger partial charge in [-0.15, -0.1) is 11.3 Å². The number of cyclic esters (lactones) is 1. The summed E-state index contributed by atoms with van der Waals surface area (Å²) in [4.78, 5) is 33.2. The van der Waals surface area contributed by atoms with Gasteiger partial charge in [0.1, 0.15) is 11.9 Å². The molecule has 290 valence electrons. The van der Waals surface area contributed by atoms with Crippen molar-refractivity contribution in [2.75, 3.05) is 0 Å². The highest BCUT2D eigenvalue weighted by atomic mass is 32.1. The van der Waals surface area contributed by atoms with Gasteiger partial charge in [-0.05, 0) is 74.1 Å². The number of carbonyl (C=O) groups excluding carboxylic acids is 2. The predicted molar refractivity (Wildman–Crippen MR) is 209 cm³/mol. The summed E-state index contributed by atoms with van der Waals surface area (Å²) in [5, 5.41) is 2.53. The molecular weight excluding hydrogens is 708 g/mol. The lowest BCUT2D eigenvalue weighted by atomic mass is 9.73. The molecule has 12 heteroatoms. The van der Waals surface area contributed by atoms with Crippen molar-refractivity contribution in [1.29, 1.82) is 0 Å². The first-order valence-corrected chi connectivity index (χ1v) is 24.8. The Labute approximate surface area is 312 Å². The second-order valence-electron chi connectivity index (χ2n) is 16.4. The molecule has 1 aromatic heterocycles. The fraction of sp³-hybridized carbons (Fsp3) is 0.718. The van der Waals surface area contributed by atoms with Gasteiger partial charge in [0, 0.05) is 28.7 Å². The van der Waals surface area contributed by atoms with Crippen LogP contribution in [-0.2, 0) is 23.2 Å². The van der Waals surface area contributed by atoms with Crippen LogP contribution in [0.2, 0.25) is 36.3 Å². The summed E-state index contributed by atoms with van der Waals surface area (Å²) in [5.74, 6) is -1.73. The molecule has 1 aliphatic heterocycles. The molecule has 51 heavy (non-hydrogen) atoms. The first-order valence-electron chi connectivity index (χ1n) is 18.5. The van der Waals surface area contributed by atoms with Gasteiger partial charge in [0.15, 0.2) is 16.6 Å². The van der Waals surface area contributed by atoms with Gasteiger partial charge in [0.05, 0.1) is 29.3 Å². The second-order valence-corrected chi connectivity index (χ2v) is 26.9. The zero-order chi connectivity index (χ0) is 39.2. The topological polar surface area (TPSA) is 74.7 Å². The third-order valence-corrected chi connectivity index (χ3v) is 21.2. The molecule has 0 saturated carbocycles. The maximum absolute atomic E-state index is 14.8. The number of carbonyl (C=O) groups is 2. The molecule has 0 amide bonds. The van der Waals surface area contributed by atoms with Crippen molar-refractivity contribution in [3.05, 3.63) is 45.5 Å². The lowest BCUT2D eigenvalue weighted by molar-refractivity contribution is -0.153. The Kier molecular flexibility index (Phi) is 16.0. The van der Waals surface area contributed by atoms with Gasteiger partial charge in [-0.3, -0.25) is 9.59 Å². The molecule has 0 fully saturated rings. The first-order chi connectivity index (χ1) is 23.3. The van der Waals surface area contributed by atoms with Crippen LogP contribution in [0, 0.1) is 24.2 Å². The molecule has 2 rings (SSSR count). The molecule has 0 radical (unpaired) electrons. The van der Waals surface area contributed by atoms with E-state index >= 15 is 0 Å². The summed E-state index contributed by atoms with van der Waals surface area (Å²) in [7, 11) is -4.79. The summed E-state index contributed by atoms with van der Waals surface area (Å²) >= 11 is 1.46. The third-order valence-electron chi connectivity index (χ3n) is 11.3. The monoisotopic (exact) mass is 771 g/mol. The number of hydrogen-bond donors (Lipinski definition) is 0. The molecule has 0 saturated heterocycles. The average Bonchev–Trinajstić information content (AvgIpc) is 3.44. The summed E-state index contributed by atoms with van der Waals surface area (Å²) < 4.78 is 63.2. The highest BCUT2D eigenvalue weighted by Gasteiger charge is 2.49. The van der Waals surface area contributed by atoms with Crippen LogP contribution in [0.1, 0.15) is 106 Å². The SMILES string of the molecule is CC[Si](CC)(CC)O[C@H]1CC(=O)OC(/C(C)=C/c2csc(C)n2)C/C=C(/C(F)(F)F)C/C=C/[C@H](C)[C@H](O[Si](C)(C)C(C)(C)C)[C@@H](C)C(=O)C1(C)C. The Morgan fingerprint density at radius 3 is 2.16 bits per heavy atom. The van der Waals surface area contributed by atoms with E-state index in [1.807, 2.05) is 40.0 Å². The number of esters is 1. The van der Waals surface area contributed by atoms with Crippen LogP contribution in [0.4, 0.5) is 13.2 Å². The van der Waals surface area contributed by atoms with Crippen molar-refractivity contribution in [2.24, 2.45) is 17.3 Å². The Hall–Kier alpha value is -1.87. The van der Waals surface area contributed by atoms with Crippen LogP contribution < -0.4 is 0 Å². The van der Waals surface area contributed by atoms with E-state index in [1.54, 1.807) is 19.1 Å². The molecule has 1 unspecified atom stereocenters. The lowest BCUT2D eigenvalue weighted by Crippen LogP contribution is -2.53. The van der Waals surface area contributed by atoms with Gasteiger partial charge in [-0.2, -0.15) is 13.2 Å². The molecule has 1 aliphatic rings. The van der Waals surface area contributed by atoms with E-state index in [0.29, 0.717) is 11.3 Å². The highest BCUT2D eigenvalue weighted by Crippen LogP contribution is 2.42. The molecule has 0 aliphatic carbocycles. The van der Waals surface area contributed by atoms with E-state index in [1.165, 1.54) is 17.4 Å². The van der Waals surface area contributed by atoms with Gasteiger partial charge in [-0.1, -0.05) is 87.5 Å². The number of Topliss-reactive ketones (excluding diaryl/α,β-unsaturated/α-hetero) is 1. The van der Waals surface area contributed by atoms with Crippen LogP contribution in [0.15, 0.2) is 34.8 Å². The van der Waals surface area contributed by atoms with Crippen molar-refractivity contribution in [2.45, 2.75) is 163 Å². The zero-order valence-electron chi connectivity index (χ0n) is 33.5. The van der Waals surface area contributed by atoms with Crippen LogP contribution in [-0.4, -0.2) is 57.9 Å². The fourth-order valence-electron chi connectivity index (χ4n) is 6.36. The highest BCUT2D eigenvalue weighted by molar-refractivity contribution is 7.09. The maximum atomic E-state index is 14.8. The smallest absolute Gasteiger partial charge is 0.412 e. The number of allylic oxidation sites excluding steroid dienone is 2. The number of ether oxygens (including phenoxy) is 1. The summed E-state index contributed by atoms with van der Waals surface area (Å²) in [6.07, 6.45) is -1.53. The normalized spacial score (nSPS) is 27.1. The number of rotatable bonds is 9. The Morgan fingerprint density at radius 1 is 1.08 bits per heavy atom. The molecule has 0 N–H and O–H groups in total. The molecule has 0 aromatic carbocycles. The zero-order valence-corrected chi connectivity index (χ0v) is 36.4. The molecule has 0 spiro atoms. The minimum absolute atomic E-state index is 0.107. The summed E-state index contributed by atoms with van der Waals surface area (Å²) in [6.45, 7) is 27.9. The minimum atomic E-state index is -4.59. The van der Waals surface area contributed by atoms with Crippen LogP contribution in [0.3, 0.4) is 0 Å². The molecule has 1 aromatic rings. The largest absolute Gasteiger partial charge is 0.457 e. The van der Waals surface area contributed by atoms with Crippen molar-refractivity contribution in [3.8, 4) is 0 Å². The number of thiazole rings is 1. The van der Waals surface area contributed by atoms with E-state index in [0.717, 1.165) is 29.2 Å². The summed E-state index contributed by atoms with van der Waals surface area (Å²) in [5.41, 5.74) is -0.609. The van der Waals surface area contributed by atoms with Gasteiger partial charge in [-0.25, -0.2) is 4.98 Å². The molecule has 2 heterocycles. The number of aromatic nitrogens is 1. The predicted octanol–water partition coefficient (Wildman–Crippen LogP) is 11.6. The van der Waals surface area contributed by atoms with Crippen molar-refractivity contribution in [3.63, 3.8) is 0 Å². The van der Waals surface area contributed by atoms with Crippen LogP contribution >= 0.6 is 11.3 Å². The van der Waals surface area contributed by atoms with Gasteiger partial charge in [0.25, 0.3) is 0 Å². The van der Waals surface area contributed by atoms with E-state index in [4.69, 9.17) is 13.6 Å². The molecule has 0 bridgehead atoms. The van der Waals surface area contributed by atoms with Gasteiger partial charge in [0.2, 0.25) is 0 Å². The van der Waals surface area contributed by atoms with Crippen molar-refractivity contribution in [1.82, 2.24) is 4.98 Å². The first kappa shape index (κ1) is 45.3. The number of hydrogen-bond acceptors (Lipinski definition) is 7. The molecule has 5 atom stereocenters. The van der Waals surface area contributed by atoms with Crippen molar-refractivity contribution < 1.29 is 36.3 Å². The molecule has 6 nitrogen and oxygen atoms in total. The van der Waals surface area contributed by atoms with E-state index in [9.17, 15) is 22.8 Å². The standard InChI is InChI=1S/C39H64F3NO5SSi2/c1-15-51(16-2,17-3)47-33-24-34(44)46-32(27(5)23-31-25-49-29(7)43-31)22-21-30(39(40,41)42)20-18-19-26(4)35(28(6)36(45)38(33,11)12)48-50(13,14)37(8,9)10/h18-19,21,23,25-26,28,32-33,35H,15-17,20,22,24H2,1-14H3/b19-18+,27-23+,30-21+/t26-,28+,32?,33-,35-/m0/s1. The van der Waals surface area contributed by atoms with Gasteiger partial charge < -0.3 is 13.6 Å². The number of aryl methyl sites for hydroxylation is 1. The summed E-state index contributed by atoms with van der Waals surface area (Å²) in [6, 6.07) is 2.44. The van der Waals surface area contributed by atoms with Gasteiger partial charge >= 0.3 is 12.1 Å². The van der Waals surface area contributed by atoms with Crippen molar-refractivity contribution >= 4 is 45.8 Å². The quantitative estimate of drug-likeness (QED) is 0.141. The maximum Gasteiger partial charge on any atom is 0.412 e. The Bertz CT molecular complexity index is 1410. The van der Waals surface area contributed by atoms with E-state index in [2.05, 4.69) is 59.6 Å². The number of halogens is 3. The molecular formula is C39H64F3NO5SSi2. The number of ketones is 1. The Morgan fingerprint density at radius 2 is 1.67 bits per heavy atom.